The van der Waals surface area contributed by atoms with Gasteiger partial charge in [0.2, 0.25) is 0 Å². The van der Waals surface area contributed by atoms with E-state index in [4.69, 9.17) is 0 Å². The number of quaternary nitrogens is 1. The summed E-state index contributed by atoms with van der Waals surface area (Å²) in [5.41, 5.74) is 0. The van der Waals surface area contributed by atoms with Crippen molar-refractivity contribution in [3.63, 3.8) is 0 Å². The highest BCUT2D eigenvalue weighted by atomic mass is 16.4. The fourth-order valence-corrected chi connectivity index (χ4v) is 3.03. The van der Waals surface area contributed by atoms with Crippen molar-refractivity contribution in [2.45, 2.75) is 41.5 Å². The van der Waals surface area contributed by atoms with Crippen LogP contribution in [0.1, 0.15) is 41.5 Å². The second-order valence-corrected chi connectivity index (χ2v) is 6.62. The third-order valence-electron chi connectivity index (χ3n) is 2.73. The Morgan fingerprint density at radius 1 is 0.882 bits per heavy atom. The zero-order chi connectivity index (χ0) is 13.6. The lowest BCUT2D eigenvalue weighted by molar-refractivity contribution is -0.929. The van der Waals surface area contributed by atoms with Gasteiger partial charge in [0.05, 0.1) is 19.6 Å². The molecule has 0 saturated heterocycles. The van der Waals surface area contributed by atoms with E-state index in [1.54, 1.807) is 0 Å². The van der Waals surface area contributed by atoms with Crippen LogP contribution >= 0.6 is 0 Å². The van der Waals surface area contributed by atoms with Crippen LogP contribution in [0.25, 0.3) is 0 Å². The van der Waals surface area contributed by atoms with Gasteiger partial charge in [-0.15, -0.1) is 0 Å². The van der Waals surface area contributed by atoms with Gasteiger partial charge in [0.15, 0.2) is 6.54 Å². The zero-order valence-corrected chi connectivity index (χ0v) is 12.4. The van der Waals surface area contributed by atoms with E-state index in [0.717, 1.165) is 24.1 Å². The van der Waals surface area contributed by atoms with E-state index in [-0.39, 0.29) is 6.54 Å². The second-order valence-electron chi connectivity index (χ2n) is 6.62. The normalized spacial score (nSPS) is 12.8. The van der Waals surface area contributed by atoms with Crippen molar-refractivity contribution >= 4 is 5.97 Å². The predicted octanol–water partition coefficient (Wildman–Crippen LogP) is 2.86. The van der Waals surface area contributed by atoms with Gasteiger partial charge in [-0.05, 0) is 0 Å². The topological polar surface area (TPSA) is 37.3 Å². The van der Waals surface area contributed by atoms with E-state index in [2.05, 4.69) is 41.5 Å². The second kappa shape index (κ2) is 7.00. The Balaban J connectivity index is 4.96. The molecular weight excluding hydrogens is 214 g/mol. The van der Waals surface area contributed by atoms with Crippen LogP contribution in [-0.4, -0.2) is 41.7 Å². The SMILES string of the molecule is CC(C)C[N+](CC(=O)O)(CC(C)C)CC(C)C. The molecule has 0 aromatic carbocycles. The van der Waals surface area contributed by atoms with Crippen molar-refractivity contribution in [1.29, 1.82) is 0 Å². The molecule has 0 radical (unpaired) electrons. The first-order valence-electron chi connectivity index (χ1n) is 6.74. The van der Waals surface area contributed by atoms with Crippen molar-refractivity contribution < 1.29 is 14.4 Å². The molecule has 0 aromatic rings. The molecule has 3 heteroatoms. The molecule has 0 atom stereocenters. The summed E-state index contributed by atoms with van der Waals surface area (Å²) >= 11 is 0. The monoisotopic (exact) mass is 244 g/mol. The van der Waals surface area contributed by atoms with Crippen LogP contribution in [0.4, 0.5) is 0 Å². The van der Waals surface area contributed by atoms with Gasteiger partial charge >= 0.3 is 5.97 Å². The van der Waals surface area contributed by atoms with Crippen LogP contribution in [0.15, 0.2) is 0 Å². The van der Waals surface area contributed by atoms with Crippen molar-refractivity contribution in [2.24, 2.45) is 17.8 Å². The van der Waals surface area contributed by atoms with Crippen LogP contribution in [0, 0.1) is 17.8 Å². The predicted molar refractivity (Wildman–Crippen MR) is 71.9 cm³/mol. The lowest BCUT2D eigenvalue weighted by Crippen LogP contribution is -2.56. The summed E-state index contributed by atoms with van der Waals surface area (Å²) in [7, 11) is 0. The van der Waals surface area contributed by atoms with Crippen LogP contribution in [0.5, 0.6) is 0 Å². The minimum Gasteiger partial charge on any atom is -0.477 e. The van der Waals surface area contributed by atoms with Gasteiger partial charge < -0.3 is 9.59 Å². The van der Waals surface area contributed by atoms with E-state index in [0.29, 0.717) is 17.8 Å². The number of nitrogens with zero attached hydrogens (tertiary/aromatic N) is 1. The molecule has 0 fully saturated rings. The van der Waals surface area contributed by atoms with Gasteiger partial charge in [-0.3, -0.25) is 0 Å². The maximum absolute atomic E-state index is 11.1. The van der Waals surface area contributed by atoms with Gasteiger partial charge in [-0.1, -0.05) is 41.5 Å². The van der Waals surface area contributed by atoms with E-state index in [1.807, 2.05) is 0 Å². The molecule has 0 heterocycles. The number of rotatable bonds is 8. The summed E-state index contributed by atoms with van der Waals surface area (Å²) in [4.78, 5) is 11.1. The molecule has 0 aliphatic carbocycles. The number of carbonyl (C=O) groups is 1. The first-order valence-corrected chi connectivity index (χ1v) is 6.74. The lowest BCUT2D eigenvalue weighted by Gasteiger charge is -2.41. The summed E-state index contributed by atoms with van der Waals surface area (Å²) in [6.07, 6.45) is 0. The van der Waals surface area contributed by atoms with E-state index in [1.165, 1.54) is 0 Å². The summed E-state index contributed by atoms with van der Waals surface area (Å²) in [5.74, 6) is 0.928. The minimum atomic E-state index is -0.674. The average Bonchev–Trinajstić information content (AvgIpc) is 1.95. The smallest absolute Gasteiger partial charge is 0.359 e. The first kappa shape index (κ1) is 16.4. The average molecular weight is 244 g/mol. The Morgan fingerprint density at radius 3 is 1.35 bits per heavy atom. The van der Waals surface area contributed by atoms with Crippen molar-refractivity contribution in [2.75, 3.05) is 26.2 Å². The minimum absolute atomic E-state index is 0.258. The Labute approximate surface area is 106 Å². The fraction of sp³-hybridized carbons (Fsp3) is 0.929. The van der Waals surface area contributed by atoms with Crippen LogP contribution in [-0.2, 0) is 4.79 Å². The largest absolute Gasteiger partial charge is 0.477 e. The standard InChI is InChI=1S/C14H29NO2/c1-11(2)7-15(8-12(3)4,9-13(5)6)10-14(16)17/h11-13H,7-10H2,1-6H3/p+1. The molecule has 0 rings (SSSR count). The Morgan fingerprint density at radius 2 is 1.18 bits per heavy atom. The molecule has 0 amide bonds. The summed E-state index contributed by atoms with van der Waals surface area (Å²) in [6.45, 7) is 16.2. The van der Waals surface area contributed by atoms with E-state index in [9.17, 15) is 9.90 Å². The number of carboxylic acid groups (broad SMARTS) is 1. The molecule has 0 aliphatic rings. The third kappa shape index (κ3) is 7.37. The molecule has 0 unspecified atom stereocenters. The molecule has 0 bridgehead atoms. The van der Waals surface area contributed by atoms with Crippen molar-refractivity contribution in [3.8, 4) is 0 Å². The quantitative estimate of drug-likeness (QED) is 0.667. The summed E-state index contributed by atoms with van der Waals surface area (Å²) in [5, 5.41) is 9.17. The number of carboxylic acids is 1. The Kier molecular flexibility index (Phi) is 6.76. The maximum atomic E-state index is 11.1. The Hall–Kier alpha value is -0.570. The molecule has 1 N–H and O–H groups in total. The highest BCUT2D eigenvalue weighted by Gasteiger charge is 2.33. The summed E-state index contributed by atoms with van der Waals surface area (Å²) < 4.78 is 0.725. The highest BCUT2D eigenvalue weighted by molar-refractivity contribution is 5.67. The molecule has 102 valence electrons. The van der Waals surface area contributed by atoms with Gasteiger partial charge in [-0.2, -0.15) is 0 Å². The van der Waals surface area contributed by atoms with Gasteiger partial charge in [0.1, 0.15) is 0 Å². The number of hydrogen-bond donors (Lipinski definition) is 1. The number of hydrogen-bond acceptors (Lipinski definition) is 1. The maximum Gasteiger partial charge on any atom is 0.359 e. The van der Waals surface area contributed by atoms with Gasteiger partial charge in [-0.25, -0.2) is 4.79 Å². The van der Waals surface area contributed by atoms with Crippen LogP contribution < -0.4 is 0 Å². The molecule has 0 aromatic heterocycles. The van der Waals surface area contributed by atoms with Crippen LogP contribution in [0.2, 0.25) is 0 Å². The molecular formula is C14H30NO2+. The highest BCUT2D eigenvalue weighted by Crippen LogP contribution is 2.18. The molecule has 17 heavy (non-hydrogen) atoms. The molecule has 0 aliphatic heterocycles. The molecule has 0 saturated carbocycles. The van der Waals surface area contributed by atoms with Gasteiger partial charge in [0.25, 0.3) is 0 Å². The fourth-order valence-electron chi connectivity index (χ4n) is 3.03. The van der Waals surface area contributed by atoms with Gasteiger partial charge in [0, 0.05) is 17.8 Å². The summed E-state index contributed by atoms with van der Waals surface area (Å²) in [6, 6.07) is 0. The molecule has 0 spiro atoms. The van der Waals surface area contributed by atoms with Crippen molar-refractivity contribution in [1.82, 2.24) is 0 Å². The molecule has 3 nitrogen and oxygen atoms in total. The lowest BCUT2D eigenvalue weighted by atomic mass is 10.0. The third-order valence-corrected chi connectivity index (χ3v) is 2.73. The zero-order valence-electron chi connectivity index (χ0n) is 12.4. The first-order chi connectivity index (χ1) is 7.67. The van der Waals surface area contributed by atoms with E-state index < -0.39 is 5.97 Å². The van der Waals surface area contributed by atoms with Crippen LogP contribution in [0.3, 0.4) is 0 Å². The van der Waals surface area contributed by atoms with Crippen molar-refractivity contribution in [3.05, 3.63) is 0 Å². The number of aliphatic carboxylic acids is 1. The van der Waals surface area contributed by atoms with E-state index >= 15 is 0 Å². The Bertz CT molecular complexity index is 208.